The lowest BCUT2D eigenvalue weighted by Gasteiger charge is -2.19. The summed E-state index contributed by atoms with van der Waals surface area (Å²) in [5.74, 6) is 0.165. The maximum absolute atomic E-state index is 13.1. The first kappa shape index (κ1) is 22.5. The number of amides is 1. The minimum absolute atomic E-state index is 0.0759. The number of hydrogen-bond acceptors (Lipinski definition) is 4. The van der Waals surface area contributed by atoms with Crippen molar-refractivity contribution in [1.82, 2.24) is 4.72 Å². The lowest BCUT2D eigenvalue weighted by Crippen LogP contribution is -2.45. The number of carbonyl (C=O) groups excluding carboxylic acids is 1. The van der Waals surface area contributed by atoms with E-state index in [9.17, 15) is 13.2 Å². The Hall–Kier alpha value is -3.16. The molecule has 0 saturated carbocycles. The van der Waals surface area contributed by atoms with Crippen LogP contribution in [0.5, 0.6) is 5.75 Å². The summed E-state index contributed by atoms with van der Waals surface area (Å²) in [5, 5.41) is 2.81. The van der Waals surface area contributed by atoms with Gasteiger partial charge in [0.25, 0.3) is 0 Å². The molecule has 7 heteroatoms. The number of nitrogens with one attached hydrogen (secondary N) is 2. The van der Waals surface area contributed by atoms with Gasteiger partial charge in [0, 0.05) is 5.69 Å². The van der Waals surface area contributed by atoms with Crippen molar-refractivity contribution >= 4 is 21.6 Å². The van der Waals surface area contributed by atoms with Gasteiger partial charge in [-0.15, -0.1) is 0 Å². The Morgan fingerprint density at radius 1 is 0.968 bits per heavy atom. The summed E-state index contributed by atoms with van der Waals surface area (Å²) in [4.78, 5) is 13.1. The van der Waals surface area contributed by atoms with Crippen LogP contribution in [0.15, 0.2) is 77.7 Å². The number of rotatable bonds is 8. The normalized spacial score (nSPS) is 12.2. The molecule has 0 spiro atoms. The zero-order valence-electron chi connectivity index (χ0n) is 17.8. The molecule has 1 amide bonds. The number of aryl methyl sites for hydroxylation is 2. The van der Waals surface area contributed by atoms with E-state index < -0.39 is 22.0 Å². The topological polar surface area (TPSA) is 84.5 Å². The number of hydrogen-bond donors (Lipinski definition) is 2. The molecule has 3 aromatic rings. The van der Waals surface area contributed by atoms with Gasteiger partial charge in [-0.25, -0.2) is 8.42 Å². The first-order valence-corrected chi connectivity index (χ1v) is 11.4. The zero-order chi connectivity index (χ0) is 22.4. The quantitative estimate of drug-likeness (QED) is 0.560. The average Bonchev–Trinajstić information content (AvgIpc) is 2.75. The molecular weight excluding hydrogens is 412 g/mol. The molecule has 0 aliphatic heterocycles. The predicted octanol–water partition coefficient (Wildman–Crippen LogP) is 3.84. The van der Waals surface area contributed by atoms with Crippen LogP contribution < -0.4 is 14.8 Å². The summed E-state index contributed by atoms with van der Waals surface area (Å²) in [6.07, 6.45) is 0.215. The van der Waals surface area contributed by atoms with Gasteiger partial charge in [0.1, 0.15) is 11.8 Å². The SMILES string of the molecule is COc1ccc(S(=O)(=O)N[C@H](Cc2ccccc2)C(=O)Nc2ccc(C)cc2)cc1C. The standard InChI is InChI=1S/C24H26N2O4S/c1-17-9-11-20(12-10-17)25-24(27)22(16-19-7-5-4-6-8-19)26-31(28,29)21-13-14-23(30-3)18(2)15-21/h4-15,22,26H,16H2,1-3H3,(H,25,27)/t22-/m1/s1. The van der Waals surface area contributed by atoms with E-state index in [2.05, 4.69) is 10.0 Å². The molecule has 0 unspecified atom stereocenters. The smallest absolute Gasteiger partial charge is 0.242 e. The van der Waals surface area contributed by atoms with Crippen LogP contribution in [0.3, 0.4) is 0 Å². The molecule has 162 valence electrons. The van der Waals surface area contributed by atoms with Gasteiger partial charge in [0.05, 0.1) is 12.0 Å². The van der Waals surface area contributed by atoms with Crippen molar-refractivity contribution in [2.75, 3.05) is 12.4 Å². The van der Waals surface area contributed by atoms with Crippen LogP contribution in [0.2, 0.25) is 0 Å². The van der Waals surface area contributed by atoms with Crippen molar-refractivity contribution in [2.24, 2.45) is 0 Å². The van der Waals surface area contributed by atoms with Gasteiger partial charge < -0.3 is 10.1 Å². The van der Waals surface area contributed by atoms with Gasteiger partial charge >= 0.3 is 0 Å². The minimum atomic E-state index is -3.94. The van der Waals surface area contributed by atoms with Gasteiger partial charge in [-0.05, 0) is 61.7 Å². The number of anilines is 1. The van der Waals surface area contributed by atoms with Crippen molar-refractivity contribution in [3.05, 3.63) is 89.5 Å². The highest BCUT2D eigenvalue weighted by molar-refractivity contribution is 7.89. The van der Waals surface area contributed by atoms with E-state index in [4.69, 9.17) is 4.74 Å². The molecule has 0 aliphatic rings. The van der Waals surface area contributed by atoms with Crippen molar-refractivity contribution < 1.29 is 17.9 Å². The van der Waals surface area contributed by atoms with E-state index in [0.717, 1.165) is 11.1 Å². The monoisotopic (exact) mass is 438 g/mol. The average molecular weight is 439 g/mol. The summed E-state index contributed by atoms with van der Waals surface area (Å²) in [6.45, 7) is 3.72. The maximum atomic E-state index is 13.1. The highest BCUT2D eigenvalue weighted by Gasteiger charge is 2.26. The number of methoxy groups -OCH3 is 1. The van der Waals surface area contributed by atoms with Crippen LogP contribution in [0.1, 0.15) is 16.7 Å². The fraction of sp³-hybridized carbons (Fsp3) is 0.208. The number of benzene rings is 3. The Kier molecular flexibility index (Phi) is 7.09. The van der Waals surface area contributed by atoms with Crippen molar-refractivity contribution in [2.45, 2.75) is 31.2 Å². The number of sulfonamides is 1. The molecule has 0 fully saturated rings. The molecule has 0 aromatic heterocycles. The van der Waals surface area contributed by atoms with Gasteiger partial charge in [0.2, 0.25) is 15.9 Å². The molecule has 0 radical (unpaired) electrons. The Bertz CT molecular complexity index is 1140. The third-order valence-corrected chi connectivity index (χ3v) is 6.36. The van der Waals surface area contributed by atoms with E-state index in [1.165, 1.54) is 19.2 Å². The van der Waals surface area contributed by atoms with Crippen molar-refractivity contribution in [3.63, 3.8) is 0 Å². The summed E-state index contributed by atoms with van der Waals surface area (Å²) < 4.78 is 33.9. The lowest BCUT2D eigenvalue weighted by molar-refractivity contribution is -0.117. The number of ether oxygens (including phenoxy) is 1. The lowest BCUT2D eigenvalue weighted by atomic mass is 10.1. The second kappa shape index (κ2) is 9.76. The first-order chi connectivity index (χ1) is 14.8. The third-order valence-electron chi connectivity index (χ3n) is 4.89. The highest BCUT2D eigenvalue weighted by Crippen LogP contribution is 2.22. The molecule has 6 nitrogen and oxygen atoms in total. The minimum Gasteiger partial charge on any atom is -0.496 e. The van der Waals surface area contributed by atoms with Crippen molar-refractivity contribution in [1.29, 1.82) is 0 Å². The molecular formula is C24H26N2O4S. The Labute approximate surface area is 183 Å². The molecule has 0 aliphatic carbocycles. The Balaban J connectivity index is 1.87. The molecule has 0 saturated heterocycles. The molecule has 0 heterocycles. The van der Waals surface area contributed by atoms with Crippen molar-refractivity contribution in [3.8, 4) is 5.75 Å². The van der Waals surface area contributed by atoms with Gasteiger partial charge in [-0.2, -0.15) is 4.72 Å². The molecule has 3 aromatic carbocycles. The summed E-state index contributed by atoms with van der Waals surface area (Å²) >= 11 is 0. The van der Waals surface area contributed by atoms with Crippen LogP contribution in [0.4, 0.5) is 5.69 Å². The molecule has 2 N–H and O–H groups in total. The second-order valence-corrected chi connectivity index (χ2v) is 9.06. The third kappa shape index (κ3) is 5.93. The van der Waals surface area contributed by atoms with E-state index >= 15 is 0 Å². The predicted molar refractivity (Wildman–Crippen MR) is 122 cm³/mol. The summed E-state index contributed by atoms with van der Waals surface area (Å²) in [6, 6.07) is 20.2. The van der Waals surface area contributed by atoms with E-state index in [0.29, 0.717) is 17.0 Å². The van der Waals surface area contributed by atoms with E-state index in [1.807, 2.05) is 49.4 Å². The van der Waals surface area contributed by atoms with Gasteiger partial charge in [-0.1, -0.05) is 48.0 Å². The van der Waals surface area contributed by atoms with E-state index in [1.54, 1.807) is 25.1 Å². The molecule has 31 heavy (non-hydrogen) atoms. The maximum Gasteiger partial charge on any atom is 0.242 e. The summed E-state index contributed by atoms with van der Waals surface area (Å²) in [5.41, 5.74) is 3.21. The van der Waals surface area contributed by atoms with Crippen LogP contribution in [0, 0.1) is 13.8 Å². The fourth-order valence-electron chi connectivity index (χ4n) is 3.18. The van der Waals surface area contributed by atoms with Crippen LogP contribution in [-0.4, -0.2) is 27.5 Å². The summed E-state index contributed by atoms with van der Waals surface area (Å²) in [7, 11) is -2.41. The highest BCUT2D eigenvalue weighted by atomic mass is 32.2. The van der Waals surface area contributed by atoms with Crippen LogP contribution in [0.25, 0.3) is 0 Å². The Morgan fingerprint density at radius 2 is 1.65 bits per heavy atom. The number of carbonyl (C=O) groups is 1. The Morgan fingerprint density at radius 3 is 2.26 bits per heavy atom. The van der Waals surface area contributed by atoms with Crippen LogP contribution >= 0.6 is 0 Å². The van der Waals surface area contributed by atoms with Gasteiger partial charge in [-0.3, -0.25) is 4.79 Å². The van der Waals surface area contributed by atoms with Gasteiger partial charge in [0.15, 0.2) is 0 Å². The molecule has 3 rings (SSSR count). The zero-order valence-corrected chi connectivity index (χ0v) is 18.6. The fourth-order valence-corrected chi connectivity index (χ4v) is 4.46. The second-order valence-electron chi connectivity index (χ2n) is 7.35. The first-order valence-electron chi connectivity index (χ1n) is 9.87. The van der Waals surface area contributed by atoms with Crippen LogP contribution in [-0.2, 0) is 21.2 Å². The largest absolute Gasteiger partial charge is 0.496 e. The molecule has 0 bridgehead atoms. The van der Waals surface area contributed by atoms with E-state index in [-0.39, 0.29) is 11.3 Å². The molecule has 1 atom stereocenters.